The molecule has 0 saturated heterocycles. The lowest BCUT2D eigenvalue weighted by Gasteiger charge is -2.11. The Morgan fingerprint density at radius 3 is 2.92 bits per heavy atom. The highest BCUT2D eigenvalue weighted by Gasteiger charge is 2.10. The maximum absolute atomic E-state index is 11.7. The second kappa shape index (κ2) is 8.98. The highest BCUT2D eigenvalue weighted by molar-refractivity contribution is 6.32. The fraction of sp³-hybridized carbons (Fsp3) is 0.294. The van der Waals surface area contributed by atoms with E-state index in [-0.39, 0.29) is 6.61 Å². The predicted octanol–water partition coefficient (Wildman–Crippen LogP) is 3.20. The van der Waals surface area contributed by atoms with Crippen molar-refractivity contribution in [3.8, 4) is 11.5 Å². The summed E-state index contributed by atoms with van der Waals surface area (Å²) in [6, 6.07) is 5.25. The van der Waals surface area contributed by atoms with E-state index in [0.717, 1.165) is 0 Å². The molecule has 0 radical (unpaired) electrons. The molecule has 128 valence electrons. The summed E-state index contributed by atoms with van der Waals surface area (Å²) >= 11 is 6.16. The molecular formula is C17H19ClN2O4. The fourth-order valence-electron chi connectivity index (χ4n) is 2.03. The van der Waals surface area contributed by atoms with Gasteiger partial charge in [0, 0.05) is 18.5 Å². The molecule has 0 aliphatic heterocycles. The molecule has 0 saturated carbocycles. The van der Waals surface area contributed by atoms with Gasteiger partial charge >= 0.3 is 5.97 Å². The molecule has 0 unspecified atom stereocenters. The van der Waals surface area contributed by atoms with Gasteiger partial charge in [0.1, 0.15) is 6.61 Å². The average Bonchev–Trinajstić information content (AvgIpc) is 3.06. The third kappa shape index (κ3) is 5.03. The van der Waals surface area contributed by atoms with Gasteiger partial charge in [-0.05, 0) is 36.8 Å². The van der Waals surface area contributed by atoms with Crippen LogP contribution in [-0.2, 0) is 16.1 Å². The van der Waals surface area contributed by atoms with Crippen molar-refractivity contribution in [2.45, 2.75) is 13.5 Å². The topological polar surface area (TPSA) is 62.6 Å². The largest absolute Gasteiger partial charge is 0.491 e. The van der Waals surface area contributed by atoms with Gasteiger partial charge in [0.25, 0.3) is 0 Å². The molecule has 7 heteroatoms. The summed E-state index contributed by atoms with van der Waals surface area (Å²) in [4.78, 5) is 11.7. The van der Waals surface area contributed by atoms with Gasteiger partial charge in [0.15, 0.2) is 11.5 Å². The minimum absolute atomic E-state index is 0.248. The molecule has 0 amide bonds. The van der Waals surface area contributed by atoms with Crippen LogP contribution in [-0.4, -0.2) is 36.1 Å². The number of benzene rings is 1. The van der Waals surface area contributed by atoms with Crippen LogP contribution in [0.15, 0.2) is 36.7 Å². The van der Waals surface area contributed by atoms with E-state index >= 15 is 0 Å². The Labute approximate surface area is 145 Å². The first-order valence-electron chi connectivity index (χ1n) is 7.46. The van der Waals surface area contributed by atoms with Gasteiger partial charge in [-0.3, -0.25) is 4.68 Å². The number of hydrogen-bond donors (Lipinski definition) is 0. The molecule has 2 rings (SSSR count). The third-order valence-electron chi connectivity index (χ3n) is 3.07. The van der Waals surface area contributed by atoms with Gasteiger partial charge in [-0.1, -0.05) is 11.6 Å². The number of halogens is 1. The zero-order chi connectivity index (χ0) is 17.4. The third-order valence-corrected chi connectivity index (χ3v) is 3.35. The molecule has 0 bridgehead atoms. The van der Waals surface area contributed by atoms with Crippen LogP contribution in [0.5, 0.6) is 11.5 Å². The van der Waals surface area contributed by atoms with Crippen LogP contribution in [0.1, 0.15) is 12.5 Å². The number of ether oxygens (including phenoxy) is 3. The first kappa shape index (κ1) is 17.9. The van der Waals surface area contributed by atoms with E-state index in [4.69, 9.17) is 25.8 Å². The Morgan fingerprint density at radius 2 is 2.25 bits per heavy atom. The summed E-state index contributed by atoms with van der Waals surface area (Å²) in [5.74, 6) is 0.559. The standard InChI is InChI=1S/C17H19ClN2O4/c1-3-23-15-12-13(11-14(18)17(15)22-2)5-6-16(21)24-10-9-20-8-4-7-19-20/h4-8,11-12H,3,9-10H2,1-2H3/b6-5+. The average molecular weight is 351 g/mol. The van der Waals surface area contributed by atoms with E-state index in [1.54, 1.807) is 35.3 Å². The van der Waals surface area contributed by atoms with Crippen LogP contribution < -0.4 is 9.47 Å². The number of carbonyl (C=O) groups excluding carboxylic acids is 1. The first-order chi connectivity index (χ1) is 11.6. The number of hydrogen-bond acceptors (Lipinski definition) is 5. The van der Waals surface area contributed by atoms with E-state index in [1.165, 1.54) is 13.2 Å². The maximum atomic E-state index is 11.7. The van der Waals surface area contributed by atoms with E-state index in [2.05, 4.69) is 5.10 Å². The van der Waals surface area contributed by atoms with Gasteiger partial charge in [0.05, 0.1) is 25.3 Å². The Morgan fingerprint density at radius 1 is 1.42 bits per heavy atom. The molecule has 1 aromatic heterocycles. The van der Waals surface area contributed by atoms with Gasteiger partial charge in [-0.15, -0.1) is 0 Å². The lowest BCUT2D eigenvalue weighted by molar-refractivity contribution is -0.138. The highest BCUT2D eigenvalue weighted by Crippen LogP contribution is 2.36. The smallest absolute Gasteiger partial charge is 0.330 e. The second-order valence-electron chi connectivity index (χ2n) is 4.74. The lowest BCUT2D eigenvalue weighted by atomic mass is 10.2. The quantitative estimate of drug-likeness (QED) is 0.540. The summed E-state index contributed by atoms with van der Waals surface area (Å²) < 4.78 is 17.5. The lowest BCUT2D eigenvalue weighted by Crippen LogP contribution is -2.09. The molecule has 0 aliphatic rings. The van der Waals surface area contributed by atoms with E-state index in [1.807, 2.05) is 13.0 Å². The Kier molecular flexibility index (Phi) is 6.69. The Bertz CT molecular complexity index is 699. The van der Waals surface area contributed by atoms with Crippen molar-refractivity contribution in [2.75, 3.05) is 20.3 Å². The van der Waals surface area contributed by atoms with E-state index in [0.29, 0.717) is 35.2 Å². The first-order valence-corrected chi connectivity index (χ1v) is 7.84. The van der Waals surface area contributed by atoms with Gasteiger partial charge in [-0.25, -0.2) is 4.79 Å². The highest BCUT2D eigenvalue weighted by atomic mass is 35.5. The summed E-state index contributed by atoms with van der Waals surface area (Å²) in [5, 5.41) is 4.44. The van der Waals surface area contributed by atoms with Crippen LogP contribution >= 0.6 is 11.6 Å². The van der Waals surface area contributed by atoms with Gasteiger partial charge < -0.3 is 14.2 Å². The number of esters is 1. The molecule has 0 fully saturated rings. The van der Waals surface area contributed by atoms with Crippen LogP contribution in [0.4, 0.5) is 0 Å². The number of methoxy groups -OCH3 is 1. The predicted molar refractivity (Wildman–Crippen MR) is 91.4 cm³/mol. The van der Waals surface area contributed by atoms with Crippen molar-refractivity contribution < 1.29 is 19.0 Å². The van der Waals surface area contributed by atoms with Crippen molar-refractivity contribution in [1.29, 1.82) is 0 Å². The van der Waals surface area contributed by atoms with Gasteiger partial charge in [0.2, 0.25) is 0 Å². The van der Waals surface area contributed by atoms with Crippen LogP contribution in [0.3, 0.4) is 0 Å². The van der Waals surface area contributed by atoms with Crippen molar-refractivity contribution in [1.82, 2.24) is 9.78 Å². The molecule has 2 aromatic rings. The Hall–Kier alpha value is -2.47. The molecule has 1 heterocycles. The maximum Gasteiger partial charge on any atom is 0.330 e. The van der Waals surface area contributed by atoms with E-state index < -0.39 is 5.97 Å². The van der Waals surface area contributed by atoms with Gasteiger partial charge in [-0.2, -0.15) is 5.10 Å². The molecule has 0 atom stereocenters. The molecule has 1 aromatic carbocycles. The minimum atomic E-state index is -0.438. The van der Waals surface area contributed by atoms with Crippen molar-refractivity contribution in [3.05, 3.63) is 47.3 Å². The van der Waals surface area contributed by atoms with Crippen LogP contribution in [0.25, 0.3) is 6.08 Å². The Balaban J connectivity index is 1.96. The molecule has 0 aliphatic carbocycles. The summed E-state index contributed by atoms with van der Waals surface area (Å²) in [6.07, 6.45) is 6.43. The fourth-order valence-corrected chi connectivity index (χ4v) is 2.33. The van der Waals surface area contributed by atoms with Crippen LogP contribution in [0.2, 0.25) is 5.02 Å². The van der Waals surface area contributed by atoms with Crippen molar-refractivity contribution in [2.24, 2.45) is 0 Å². The second-order valence-corrected chi connectivity index (χ2v) is 5.14. The monoisotopic (exact) mass is 350 g/mol. The molecule has 0 spiro atoms. The number of carbonyl (C=O) groups is 1. The van der Waals surface area contributed by atoms with Crippen molar-refractivity contribution in [3.63, 3.8) is 0 Å². The summed E-state index contributed by atoms with van der Waals surface area (Å²) in [5.41, 5.74) is 0.716. The summed E-state index contributed by atoms with van der Waals surface area (Å²) in [6.45, 7) is 3.11. The number of nitrogens with zero attached hydrogens (tertiary/aromatic N) is 2. The van der Waals surface area contributed by atoms with E-state index in [9.17, 15) is 4.79 Å². The molecule has 0 N–H and O–H groups in total. The SMILES string of the molecule is CCOc1cc(/C=C/C(=O)OCCn2cccn2)cc(Cl)c1OC. The zero-order valence-electron chi connectivity index (χ0n) is 13.6. The minimum Gasteiger partial charge on any atom is -0.491 e. The number of aromatic nitrogens is 2. The van der Waals surface area contributed by atoms with Crippen LogP contribution in [0, 0.1) is 0 Å². The molecule has 6 nitrogen and oxygen atoms in total. The zero-order valence-corrected chi connectivity index (χ0v) is 14.3. The molecular weight excluding hydrogens is 332 g/mol. The normalized spacial score (nSPS) is 10.8. The van der Waals surface area contributed by atoms with Crippen molar-refractivity contribution >= 4 is 23.6 Å². The molecule has 24 heavy (non-hydrogen) atoms. The summed E-state index contributed by atoms with van der Waals surface area (Å²) in [7, 11) is 1.52. The number of rotatable bonds is 8.